The van der Waals surface area contributed by atoms with E-state index in [-0.39, 0.29) is 30.0 Å². The second-order valence-electron chi connectivity index (χ2n) is 17.1. The smallest absolute Gasteiger partial charge is 0.315 e. The summed E-state index contributed by atoms with van der Waals surface area (Å²) in [5, 5.41) is 15.0. The van der Waals surface area contributed by atoms with Crippen LogP contribution in [0.2, 0.25) is 0 Å². The molecule has 0 radical (unpaired) electrons. The second kappa shape index (κ2) is 14.5. The molecule has 4 bridgehead atoms. The summed E-state index contributed by atoms with van der Waals surface area (Å²) in [6, 6.07) is 18.3. The largest absolute Gasteiger partial charge is 0.481 e. The second-order valence-corrected chi connectivity index (χ2v) is 17.1. The third-order valence-corrected chi connectivity index (χ3v) is 14.1. The summed E-state index contributed by atoms with van der Waals surface area (Å²) in [6.45, 7) is 10.0. The number of carboxylic acid groups (broad SMARTS) is 1. The summed E-state index contributed by atoms with van der Waals surface area (Å²) in [6.07, 6.45) is 12.8. The molecule has 3 aromatic heterocycles. The molecule has 1 saturated heterocycles. The van der Waals surface area contributed by atoms with Crippen LogP contribution in [-0.4, -0.2) is 62.5 Å². The standard InChI is InChI=1S/C44H55N5O4/c1-29(2)39-21-31-22-42(28-50)38-15-13-30(3)37(38)23-43(31,44(39,42)41(51)52)40-16-14-36(53-40)27-49(25-34-10-5-7-19-47-34)26-35-12-8-11-33(48-35)24-45-20-17-32-9-4-6-18-46-32/h4-12,18-19,21,28-31,36-38,40,45H,13-17,20,22-27H2,1-3H3,(H,51,52)/t30-,31?,36?,37-,38-,40?,42?,43?,44?/m1/s1. The lowest BCUT2D eigenvalue weighted by Gasteiger charge is -2.60. The average molecular weight is 718 g/mol. The van der Waals surface area contributed by atoms with Gasteiger partial charge in [0.25, 0.3) is 0 Å². The van der Waals surface area contributed by atoms with Gasteiger partial charge in [0, 0.05) is 62.6 Å². The van der Waals surface area contributed by atoms with Crippen LogP contribution in [0.25, 0.3) is 0 Å². The van der Waals surface area contributed by atoms with Gasteiger partial charge in [-0.15, -0.1) is 0 Å². The first-order valence-electron chi connectivity index (χ1n) is 20.0. The van der Waals surface area contributed by atoms with Crippen LogP contribution in [0.15, 0.2) is 78.6 Å². The quantitative estimate of drug-likeness (QED) is 0.101. The Labute approximate surface area is 314 Å². The van der Waals surface area contributed by atoms with Gasteiger partial charge in [0.2, 0.25) is 0 Å². The van der Waals surface area contributed by atoms with Crippen molar-refractivity contribution in [3.05, 3.63) is 101 Å². The fraction of sp³-hybridized carbons (Fsp3) is 0.568. The maximum absolute atomic E-state index is 14.1. The molecule has 4 aliphatic carbocycles. The highest BCUT2D eigenvalue weighted by Crippen LogP contribution is 2.84. The predicted octanol–water partition coefficient (Wildman–Crippen LogP) is 6.68. The van der Waals surface area contributed by atoms with E-state index in [1.165, 1.54) is 0 Å². The first-order chi connectivity index (χ1) is 25.7. The van der Waals surface area contributed by atoms with Crippen molar-refractivity contribution in [1.82, 2.24) is 25.2 Å². The summed E-state index contributed by atoms with van der Waals surface area (Å²) in [5.74, 6) is 0.243. The van der Waals surface area contributed by atoms with Crippen molar-refractivity contribution >= 4 is 12.3 Å². The Balaban J connectivity index is 1.02. The molecule has 53 heavy (non-hydrogen) atoms. The van der Waals surface area contributed by atoms with Gasteiger partial charge in [0.15, 0.2) is 0 Å². The molecule has 8 rings (SSSR count). The molecule has 9 heteroatoms. The normalized spacial score (nSPS) is 34.1. The number of hydrogen-bond donors (Lipinski definition) is 2. The number of ether oxygens (including phenoxy) is 1. The van der Waals surface area contributed by atoms with E-state index in [9.17, 15) is 14.7 Å². The highest BCUT2D eigenvalue weighted by molar-refractivity contribution is 5.90. The number of aliphatic carboxylic acids is 1. The fourth-order valence-corrected chi connectivity index (χ4v) is 12.2. The Hall–Kier alpha value is -3.79. The van der Waals surface area contributed by atoms with Gasteiger partial charge >= 0.3 is 5.97 Å². The van der Waals surface area contributed by atoms with Gasteiger partial charge in [-0.1, -0.05) is 57.0 Å². The van der Waals surface area contributed by atoms with Crippen molar-refractivity contribution in [2.24, 2.45) is 45.8 Å². The zero-order chi connectivity index (χ0) is 36.8. The Morgan fingerprint density at radius 1 is 0.962 bits per heavy atom. The first kappa shape index (κ1) is 36.2. The van der Waals surface area contributed by atoms with E-state index in [1.807, 2.05) is 42.7 Å². The van der Waals surface area contributed by atoms with Crippen molar-refractivity contribution in [2.45, 2.75) is 97.6 Å². The van der Waals surface area contributed by atoms with Crippen LogP contribution < -0.4 is 5.32 Å². The maximum atomic E-state index is 14.1. The van der Waals surface area contributed by atoms with Crippen molar-refractivity contribution in [3.8, 4) is 0 Å². The van der Waals surface area contributed by atoms with E-state index < -0.39 is 22.2 Å². The zero-order valence-electron chi connectivity index (χ0n) is 31.5. The number of hydrogen-bond acceptors (Lipinski definition) is 8. The highest BCUT2D eigenvalue weighted by atomic mass is 16.5. The molecule has 9 atom stereocenters. The van der Waals surface area contributed by atoms with Crippen LogP contribution in [0.3, 0.4) is 0 Å². The molecule has 6 unspecified atom stereocenters. The first-order valence-corrected chi connectivity index (χ1v) is 20.0. The number of carbonyl (C=O) groups is 2. The molecule has 1 aliphatic heterocycles. The minimum atomic E-state index is -1.21. The lowest BCUT2D eigenvalue weighted by Crippen LogP contribution is -2.65. The molecule has 280 valence electrons. The van der Waals surface area contributed by atoms with Gasteiger partial charge < -0.3 is 20.0 Å². The van der Waals surface area contributed by atoms with Gasteiger partial charge in [-0.2, -0.15) is 0 Å². The minimum Gasteiger partial charge on any atom is -0.481 e. The van der Waals surface area contributed by atoms with Crippen molar-refractivity contribution < 1.29 is 19.4 Å². The Bertz CT molecular complexity index is 1820. The van der Waals surface area contributed by atoms with E-state index in [0.29, 0.717) is 44.4 Å². The molecule has 4 heterocycles. The van der Waals surface area contributed by atoms with Crippen molar-refractivity contribution in [3.63, 3.8) is 0 Å². The van der Waals surface area contributed by atoms with Crippen LogP contribution in [0.4, 0.5) is 0 Å². The number of aromatic nitrogens is 3. The Morgan fingerprint density at radius 2 is 1.70 bits per heavy atom. The van der Waals surface area contributed by atoms with Gasteiger partial charge in [0.1, 0.15) is 11.7 Å². The summed E-state index contributed by atoms with van der Waals surface area (Å²) >= 11 is 0. The van der Waals surface area contributed by atoms with Gasteiger partial charge in [0.05, 0.1) is 34.7 Å². The van der Waals surface area contributed by atoms with Gasteiger partial charge in [-0.3, -0.25) is 24.6 Å². The van der Waals surface area contributed by atoms with Crippen LogP contribution >= 0.6 is 0 Å². The Kier molecular flexibility index (Phi) is 9.87. The number of rotatable bonds is 15. The SMILES string of the molecule is CC(C)C1=CC2CC3(C=O)[C@@H]4CC[C@@H](C)[C@H]4CC2(C2CCC(CN(Cc4ccccn4)Cc4cccc(CNCCc5ccccn5)n4)O2)C13C(=O)O. The van der Waals surface area contributed by atoms with E-state index >= 15 is 0 Å². The topological polar surface area (TPSA) is 118 Å². The summed E-state index contributed by atoms with van der Waals surface area (Å²) in [5.41, 5.74) is 2.33. The lowest BCUT2D eigenvalue weighted by atomic mass is 9.41. The number of nitrogens with one attached hydrogen (secondary N) is 1. The molecule has 2 N–H and O–H groups in total. The maximum Gasteiger partial charge on any atom is 0.315 e. The molecule has 3 saturated carbocycles. The molecule has 0 spiro atoms. The van der Waals surface area contributed by atoms with E-state index in [4.69, 9.17) is 9.72 Å². The number of fused-ring (bicyclic) bond motifs is 2. The molecule has 0 amide bonds. The van der Waals surface area contributed by atoms with Crippen molar-refractivity contribution in [2.75, 3.05) is 13.1 Å². The number of allylic oxidation sites excluding steroid dienone is 1. The number of nitrogens with zero attached hydrogens (tertiary/aromatic N) is 4. The molecule has 9 nitrogen and oxygen atoms in total. The van der Waals surface area contributed by atoms with E-state index in [1.54, 1.807) is 0 Å². The lowest BCUT2D eigenvalue weighted by molar-refractivity contribution is -0.197. The van der Waals surface area contributed by atoms with Crippen LogP contribution in [0.1, 0.15) is 82.1 Å². The molecule has 3 aromatic rings. The van der Waals surface area contributed by atoms with Gasteiger partial charge in [-0.05, 0) is 98.1 Å². The zero-order valence-corrected chi connectivity index (χ0v) is 31.5. The number of carbonyl (C=O) groups excluding carboxylic acids is 1. The third kappa shape index (κ3) is 5.89. The number of aldehydes is 1. The Morgan fingerprint density at radius 3 is 2.42 bits per heavy atom. The van der Waals surface area contributed by atoms with Crippen molar-refractivity contribution in [1.29, 1.82) is 0 Å². The number of carboxylic acids is 1. The van der Waals surface area contributed by atoms with E-state index in [2.05, 4.69) is 71.3 Å². The monoisotopic (exact) mass is 717 g/mol. The summed E-state index contributed by atoms with van der Waals surface area (Å²) < 4.78 is 7.20. The molecule has 5 aliphatic rings. The number of pyridine rings is 3. The van der Waals surface area contributed by atoms with Crippen LogP contribution in [-0.2, 0) is 40.4 Å². The highest BCUT2D eigenvalue weighted by Gasteiger charge is 2.86. The molecule has 0 aromatic carbocycles. The molecular weight excluding hydrogens is 663 g/mol. The summed E-state index contributed by atoms with van der Waals surface area (Å²) in [7, 11) is 0. The fourth-order valence-electron chi connectivity index (χ4n) is 12.2. The van der Waals surface area contributed by atoms with Crippen LogP contribution in [0.5, 0.6) is 0 Å². The third-order valence-electron chi connectivity index (χ3n) is 14.1. The predicted molar refractivity (Wildman–Crippen MR) is 202 cm³/mol. The van der Waals surface area contributed by atoms with Crippen LogP contribution in [0, 0.1) is 45.8 Å². The van der Waals surface area contributed by atoms with Gasteiger partial charge in [-0.25, -0.2) is 0 Å². The molecular formula is C44H55N5O4. The average Bonchev–Trinajstić information content (AvgIpc) is 3.90. The molecule has 4 fully saturated rings. The minimum absolute atomic E-state index is 0.0388. The van der Waals surface area contributed by atoms with E-state index in [0.717, 1.165) is 79.7 Å². The summed E-state index contributed by atoms with van der Waals surface area (Å²) in [4.78, 5) is 44.1.